The smallest absolute Gasteiger partial charge is 0.351 e. The summed E-state index contributed by atoms with van der Waals surface area (Å²) >= 11 is 0. The number of aromatic hydroxyl groups is 2. The summed E-state index contributed by atoms with van der Waals surface area (Å²) in [6.45, 7) is 6.15. The molecule has 5 rings (SSSR count). The first kappa shape index (κ1) is 37.5. The van der Waals surface area contributed by atoms with Gasteiger partial charge in [0.25, 0.3) is 11.8 Å². The molecule has 4 atom stereocenters. The van der Waals surface area contributed by atoms with Crippen LogP contribution in [0, 0.1) is 0 Å². The second-order valence-electron chi connectivity index (χ2n) is 12.2. The van der Waals surface area contributed by atoms with E-state index in [2.05, 4.69) is 31.1 Å². The number of carbonyl (C=O) groups is 3. The van der Waals surface area contributed by atoms with Gasteiger partial charge in [0.1, 0.15) is 29.5 Å². The maximum atomic E-state index is 14.5. The number of benzene rings is 2. The summed E-state index contributed by atoms with van der Waals surface area (Å²) in [6, 6.07) is 8.40. The maximum absolute atomic E-state index is 14.5. The molecular weight excluding hydrogens is 690 g/mol. The summed E-state index contributed by atoms with van der Waals surface area (Å²) in [5.74, 6) is -6.85. The van der Waals surface area contributed by atoms with Crippen molar-refractivity contribution >= 4 is 23.5 Å². The van der Waals surface area contributed by atoms with Crippen LogP contribution in [0.15, 0.2) is 53.5 Å². The molecule has 4 aromatic rings. The zero-order chi connectivity index (χ0) is 38.1. The van der Waals surface area contributed by atoms with Crippen LogP contribution < -0.4 is 21.6 Å². The number of alkyl halides is 2. The Hall–Kier alpha value is -5.79. The van der Waals surface area contributed by atoms with Crippen molar-refractivity contribution in [3.63, 3.8) is 0 Å². The number of phenolic OH excluding ortho intramolecular Hbond substituents is 2. The van der Waals surface area contributed by atoms with Crippen molar-refractivity contribution in [2.24, 2.45) is 0 Å². The lowest BCUT2D eigenvalue weighted by molar-refractivity contribution is -0.141. The average Bonchev–Trinajstić information content (AvgIpc) is 3.63. The number of phenols is 2. The van der Waals surface area contributed by atoms with Crippen molar-refractivity contribution in [1.29, 1.82) is 0 Å². The largest absolute Gasteiger partial charge is 0.508 e. The predicted molar refractivity (Wildman–Crippen MR) is 178 cm³/mol. The van der Waals surface area contributed by atoms with Gasteiger partial charge in [0.2, 0.25) is 18.0 Å². The van der Waals surface area contributed by atoms with Crippen LogP contribution in [0.4, 0.5) is 14.6 Å². The lowest BCUT2D eigenvalue weighted by Gasteiger charge is -2.21. The van der Waals surface area contributed by atoms with E-state index in [9.17, 15) is 48.4 Å². The molecule has 0 saturated carbocycles. The van der Waals surface area contributed by atoms with Gasteiger partial charge in [-0.15, -0.1) is 10.2 Å². The van der Waals surface area contributed by atoms with Crippen molar-refractivity contribution in [2.45, 2.75) is 64.0 Å². The van der Waals surface area contributed by atoms with Crippen molar-refractivity contribution in [3.05, 3.63) is 76.1 Å². The van der Waals surface area contributed by atoms with E-state index in [-0.39, 0.29) is 52.6 Å². The summed E-state index contributed by atoms with van der Waals surface area (Å²) in [4.78, 5) is 55.0. The first-order valence-electron chi connectivity index (χ1n) is 16.0. The molecule has 0 radical (unpaired) electrons. The minimum absolute atomic E-state index is 0.0841. The lowest BCUT2D eigenvalue weighted by atomic mass is 9.98. The van der Waals surface area contributed by atoms with E-state index in [4.69, 9.17) is 4.74 Å². The Morgan fingerprint density at radius 3 is 2.31 bits per heavy atom. The first-order chi connectivity index (χ1) is 24.6. The van der Waals surface area contributed by atoms with Gasteiger partial charge in [-0.05, 0) is 61.7 Å². The number of aliphatic hydroxyl groups excluding tert-OH is 2. The lowest BCUT2D eigenvalue weighted by Crippen LogP contribution is -2.43. The number of carbonyl (C=O) groups excluding carboxylic acids is 3. The fourth-order valence-electron chi connectivity index (χ4n) is 5.45. The molecule has 1 fully saturated rings. The molecule has 17 nitrogen and oxygen atoms in total. The Morgan fingerprint density at radius 1 is 1.02 bits per heavy atom. The highest BCUT2D eigenvalue weighted by Crippen LogP contribution is 2.42. The number of anilines is 1. The number of aromatic nitrogens is 5. The third kappa shape index (κ3) is 7.18. The van der Waals surface area contributed by atoms with Crippen LogP contribution in [0.1, 0.15) is 66.4 Å². The van der Waals surface area contributed by atoms with E-state index < -0.39 is 60.4 Å². The molecule has 2 aromatic heterocycles. The molecule has 52 heavy (non-hydrogen) atoms. The third-order valence-electron chi connectivity index (χ3n) is 8.23. The maximum Gasteiger partial charge on any atom is 0.351 e. The number of aliphatic hydroxyl groups is 2. The number of nitrogens with one attached hydrogen (secondary N) is 3. The van der Waals surface area contributed by atoms with E-state index in [1.54, 1.807) is 13.0 Å². The van der Waals surface area contributed by atoms with Gasteiger partial charge in [-0.2, -0.15) is 13.8 Å². The number of amides is 3. The van der Waals surface area contributed by atoms with Gasteiger partial charge in [0.15, 0.2) is 11.9 Å². The van der Waals surface area contributed by atoms with Crippen LogP contribution in [0.3, 0.4) is 0 Å². The standard InChI is InChI=1S/C33H36F2N8O9/c1-5-36-30(50)27-41-40-26(20-12-19(15(2)3)21(45)13-22(20)46)43(27)18-8-6-17(7-9-18)29(49)37-16(4)28(48)38-24-10-11-42(32(51)39-24)31-33(34,35)25(47)23(14-44)52-31/h6-13,15-16,23,25,31,44-47H,5,14H2,1-4H3,(H,36,50)(H,37,49)(H,38,39,48,51)/t16-,23+,25+,31+/m0/s1. The SMILES string of the molecule is CCNC(=O)c1nnc(-c2cc(C(C)C)c(O)cc2O)n1-c1ccc(C(=O)N[C@@H](C)C(=O)Nc2ccn([C@@H]3O[C@H](CO)[C@@H](O)C3(F)F)c(=O)n2)cc1. The average molecular weight is 727 g/mol. The van der Waals surface area contributed by atoms with Gasteiger partial charge in [-0.1, -0.05) is 13.8 Å². The van der Waals surface area contributed by atoms with Crippen molar-refractivity contribution in [2.75, 3.05) is 18.5 Å². The molecule has 0 spiro atoms. The predicted octanol–water partition coefficient (Wildman–Crippen LogP) is 1.42. The van der Waals surface area contributed by atoms with Gasteiger partial charge < -0.3 is 41.1 Å². The van der Waals surface area contributed by atoms with Crippen LogP contribution in [-0.4, -0.2) is 99.8 Å². The number of hydrogen-bond acceptors (Lipinski definition) is 12. The molecule has 0 bridgehead atoms. The summed E-state index contributed by atoms with van der Waals surface area (Å²) in [6.07, 6.45) is -5.36. The van der Waals surface area contributed by atoms with Crippen molar-refractivity contribution < 1.29 is 48.3 Å². The fourth-order valence-corrected chi connectivity index (χ4v) is 5.45. The Kier molecular flexibility index (Phi) is 10.7. The topological polar surface area (TPSA) is 243 Å². The molecule has 1 aliphatic rings. The zero-order valence-corrected chi connectivity index (χ0v) is 28.2. The van der Waals surface area contributed by atoms with Crippen LogP contribution in [0.2, 0.25) is 0 Å². The molecular formula is C33H36F2N8O9. The summed E-state index contributed by atoms with van der Waals surface area (Å²) in [7, 11) is 0. The second-order valence-corrected chi connectivity index (χ2v) is 12.2. The molecule has 276 valence electrons. The number of nitrogens with zero attached hydrogens (tertiary/aromatic N) is 5. The highest BCUT2D eigenvalue weighted by Gasteiger charge is 2.59. The van der Waals surface area contributed by atoms with E-state index >= 15 is 0 Å². The normalized spacial score (nSPS) is 18.6. The summed E-state index contributed by atoms with van der Waals surface area (Å²) in [5.41, 5.74) is -0.0818. The number of hydrogen-bond donors (Lipinski definition) is 7. The Balaban J connectivity index is 1.32. The van der Waals surface area contributed by atoms with Gasteiger partial charge in [0, 0.05) is 30.1 Å². The molecule has 1 saturated heterocycles. The van der Waals surface area contributed by atoms with Gasteiger partial charge in [0.05, 0.1) is 12.2 Å². The van der Waals surface area contributed by atoms with Gasteiger partial charge in [-0.25, -0.2) is 4.79 Å². The summed E-state index contributed by atoms with van der Waals surface area (Å²) < 4.78 is 35.7. The van der Waals surface area contributed by atoms with E-state index in [0.717, 1.165) is 12.3 Å². The Bertz CT molecular complexity index is 2050. The van der Waals surface area contributed by atoms with Crippen molar-refractivity contribution in [3.8, 4) is 28.6 Å². The second kappa shape index (κ2) is 14.8. The Morgan fingerprint density at radius 2 is 1.71 bits per heavy atom. The molecule has 1 aliphatic heterocycles. The minimum Gasteiger partial charge on any atom is -0.508 e. The number of rotatable bonds is 11. The number of ether oxygens (including phenoxy) is 1. The van der Waals surface area contributed by atoms with Crippen LogP contribution in [0.5, 0.6) is 11.5 Å². The fraction of sp³-hybridized carbons (Fsp3) is 0.364. The third-order valence-corrected chi connectivity index (χ3v) is 8.23. The molecule has 19 heteroatoms. The van der Waals surface area contributed by atoms with E-state index in [1.165, 1.54) is 41.8 Å². The van der Waals surface area contributed by atoms with Crippen molar-refractivity contribution in [1.82, 2.24) is 34.9 Å². The highest BCUT2D eigenvalue weighted by molar-refractivity contribution is 6.00. The molecule has 3 amide bonds. The molecule has 2 aromatic carbocycles. The molecule has 7 N–H and O–H groups in total. The minimum atomic E-state index is -3.92. The Labute approximate surface area is 293 Å². The number of halogens is 2. The van der Waals surface area contributed by atoms with Gasteiger partial charge >= 0.3 is 11.6 Å². The first-order valence-corrected chi connectivity index (χ1v) is 16.0. The van der Waals surface area contributed by atoms with Crippen LogP contribution in [0.25, 0.3) is 17.1 Å². The van der Waals surface area contributed by atoms with Crippen LogP contribution >= 0.6 is 0 Å². The zero-order valence-electron chi connectivity index (χ0n) is 28.2. The molecule has 0 unspecified atom stereocenters. The molecule has 0 aliphatic carbocycles. The van der Waals surface area contributed by atoms with Gasteiger partial charge in [-0.3, -0.25) is 23.5 Å². The van der Waals surface area contributed by atoms with E-state index in [0.29, 0.717) is 15.8 Å². The summed E-state index contributed by atoms with van der Waals surface area (Å²) in [5, 5.41) is 55.7. The highest BCUT2D eigenvalue weighted by atomic mass is 19.3. The quantitative estimate of drug-likeness (QED) is 0.116. The van der Waals surface area contributed by atoms with E-state index in [1.807, 2.05) is 13.8 Å². The monoisotopic (exact) mass is 726 g/mol. The molecule has 3 heterocycles. The van der Waals surface area contributed by atoms with Crippen LogP contribution in [-0.2, 0) is 9.53 Å².